The van der Waals surface area contributed by atoms with Gasteiger partial charge < -0.3 is 20.7 Å². The molecule has 0 aromatic heterocycles. The second kappa shape index (κ2) is 10.1. The number of carbonyl (C=O) groups excluding carboxylic acids is 2. The van der Waals surface area contributed by atoms with Crippen LogP contribution in [0.4, 0.5) is 17.1 Å². The van der Waals surface area contributed by atoms with E-state index in [-0.39, 0.29) is 18.4 Å². The summed E-state index contributed by atoms with van der Waals surface area (Å²) in [6, 6.07) is 21.8. The molecule has 0 saturated carbocycles. The molecule has 3 aromatic carbocycles. The van der Waals surface area contributed by atoms with Crippen LogP contribution in [0, 0.1) is 6.92 Å². The average Bonchev–Trinajstić information content (AvgIpc) is 2.76. The Bertz CT molecular complexity index is 1020. The molecule has 0 heterocycles. The molecule has 0 atom stereocenters. The van der Waals surface area contributed by atoms with Crippen LogP contribution in [0.3, 0.4) is 0 Å². The minimum atomic E-state index is -0.262. The van der Waals surface area contributed by atoms with Crippen LogP contribution in [-0.4, -0.2) is 25.0 Å². The van der Waals surface area contributed by atoms with Crippen molar-refractivity contribution >= 4 is 28.9 Å². The second-order valence-electron chi connectivity index (χ2n) is 6.67. The van der Waals surface area contributed by atoms with Crippen molar-refractivity contribution in [3.05, 3.63) is 83.9 Å². The first-order chi connectivity index (χ1) is 14.6. The summed E-state index contributed by atoms with van der Waals surface area (Å²) in [5.41, 5.74) is 3.46. The molecule has 0 fully saturated rings. The van der Waals surface area contributed by atoms with E-state index in [4.69, 9.17) is 4.74 Å². The molecule has 0 aliphatic carbocycles. The number of benzene rings is 3. The monoisotopic (exact) mass is 403 g/mol. The predicted octanol–water partition coefficient (Wildman–Crippen LogP) is 4.70. The van der Waals surface area contributed by atoms with Gasteiger partial charge in [0.05, 0.1) is 18.7 Å². The fourth-order valence-corrected chi connectivity index (χ4v) is 2.92. The Morgan fingerprint density at radius 2 is 1.50 bits per heavy atom. The average molecular weight is 403 g/mol. The normalized spacial score (nSPS) is 10.2. The lowest BCUT2D eigenvalue weighted by molar-refractivity contribution is -0.114. The van der Waals surface area contributed by atoms with Gasteiger partial charge >= 0.3 is 0 Å². The summed E-state index contributed by atoms with van der Waals surface area (Å²) < 4.78 is 5.41. The lowest BCUT2D eigenvalue weighted by Gasteiger charge is -2.13. The van der Waals surface area contributed by atoms with E-state index < -0.39 is 0 Å². The molecule has 0 aliphatic rings. The van der Waals surface area contributed by atoms with Crippen molar-refractivity contribution in [1.29, 1.82) is 0 Å². The molecule has 0 bridgehead atoms. The Kier molecular flexibility index (Phi) is 7.05. The topological polar surface area (TPSA) is 79.5 Å². The Labute approximate surface area is 176 Å². The lowest BCUT2D eigenvalue weighted by atomic mass is 10.1. The van der Waals surface area contributed by atoms with Gasteiger partial charge in [-0.15, -0.1) is 0 Å². The number of amides is 2. The van der Waals surface area contributed by atoms with Gasteiger partial charge in [0.2, 0.25) is 5.91 Å². The van der Waals surface area contributed by atoms with Crippen LogP contribution in [0.5, 0.6) is 5.75 Å². The Balaban J connectivity index is 1.62. The van der Waals surface area contributed by atoms with Gasteiger partial charge in [0.1, 0.15) is 5.75 Å². The van der Waals surface area contributed by atoms with E-state index in [2.05, 4.69) is 16.0 Å². The molecule has 30 heavy (non-hydrogen) atoms. The first kappa shape index (κ1) is 20.9. The van der Waals surface area contributed by atoms with Gasteiger partial charge in [-0.1, -0.05) is 30.3 Å². The highest BCUT2D eigenvalue weighted by molar-refractivity contribution is 6.08. The molecule has 3 rings (SSSR count). The Morgan fingerprint density at radius 1 is 0.833 bits per heavy atom. The molecule has 0 unspecified atom stereocenters. The van der Waals surface area contributed by atoms with Gasteiger partial charge in [0.25, 0.3) is 5.91 Å². The van der Waals surface area contributed by atoms with Crippen molar-refractivity contribution in [2.75, 3.05) is 29.1 Å². The molecular weight excluding hydrogens is 378 g/mol. The number of rotatable bonds is 8. The van der Waals surface area contributed by atoms with E-state index in [1.165, 1.54) is 0 Å². The third kappa shape index (κ3) is 5.61. The zero-order valence-corrected chi connectivity index (χ0v) is 17.1. The van der Waals surface area contributed by atoms with E-state index >= 15 is 0 Å². The molecule has 0 spiro atoms. The van der Waals surface area contributed by atoms with Crippen molar-refractivity contribution in [3.8, 4) is 5.75 Å². The Hall–Kier alpha value is -3.80. The zero-order chi connectivity index (χ0) is 21.3. The van der Waals surface area contributed by atoms with Gasteiger partial charge in [0, 0.05) is 17.1 Å². The number of para-hydroxylation sites is 2. The maximum absolute atomic E-state index is 12.7. The lowest BCUT2D eigenvalue weighted by Crippen LogP contribution is -2.23. The van der Waals surface area contributed by atoms with Crippen molar-refractivity contribution in [2.24, 2.45) is 0 Å². The highest BCUT2D eigenvalue weighted by Crippen LogP contribution is 2.20. The maximum Gasteiger partial charge on any atom is 0.257 e. The van der Waals surface area contributed by atoms with Crippen LogP contribution >= 0.6 is 0 Å². The first-order valence-corrected chi connectivity index (χ1v) is 9.79. The maximum atomic E-state index is 12.7. The number of carbonyl (C=O) groups is 2. The second-order valence-corrected chi connectivity index (χ2v) is 6.67. The van der Waals surface area contributed by atoms with E-state index in [0.717, 1.165) is 17.0 Å². The standard InChI is InChI=1S/C24H25N3O3/c1-3-30-19-14-12-18(13-15-19)26-24(29)20-9-5-7-11-22(20)25-16-23(28)27-21-10-6-4-8-17(21)2/h4-15,25H,3,16H2,1-2H3,(H,26,29)(H,27,28). The summed E-state index contributed by atoms with van der Waals surface area (Å²) in [5, 5.41) is 8.79. The summed E-state index contributed by atoms with van der Waals surface area (Å²) in [6.07, 6.45) is 0. The summed E-state index contributed by atoms with van der Waals surface area (Å²) in [5.74, 6) is 0.296. The van der Waals surface area contributed by atoms with Crippen LogP contribution in [0.25, 0.3) is 0 Å². The van der Waals surface area contributed by atoms with Gasteiger partial charge in [-0.05, 0) is 61.9 Å². The molecule has 2 amide bonds. The van der Waals surface area contributed by atoms with Crippen molar-refractivity contribution in [3.63, 3.8) is 0 Å². The third-order valence-electron chi connectivity index (χ3n) is 4.45. The minimum Gasteiger partial charge on any atom is -0.494 e. The minimum absolute atomic E-state index is 0.0433. The van der Waals surface area contributed by atoms with Crippen LogP contribution in [-0.2, 0) is 4.79 Å². The van der Waals surface area contributed by atoms with Gasteiger partial charge in [0.15, 0.2) is 0 Å². The summed E-state index contributed by atoms with van der Waals surface area (Å²) in [6.45, 7) is 4.48. The van der Waals surface area contributed by atoms with Gasteiger partial charge in [-0.2, -0.15) is 0 Å². The highest BCUT2D eigenvalue weighted by Gasteiger charge is 2.12. The molecular formula is C24H25N3O3. The fraction of sp³-hybridized carbons (Fsp3) is 0.167. The van der Waals surface area contributed by atoms with Crippen LogP contribution in [0.15, 0.2) is 72.8 Å². The molecule has 154 valence electrons. The molecule has 6 nitrogen and oxygen atoms in total. The molecule has 3 aromatic rings. The van der Waals surface area contributed by atoms with Crippen LogP contribution < -0.4 is 20.7 Å². The van der Waals surface area contributed by atoms with Gasteiger partial charge in [-0.3, -0.25) is 9.59 Å². The van der Waals surface area contributed by atoms with E-state index in [1.54, 1.807) is 42.5 Å². The number of anilines is 3. The number of hydrogen-bond donors (Lipinski definition) is 3. The first-order valence-electron chi connectivity index (χ1n) is 9.79. The molecule has 0 radical (unpaired) electrons. The smallest absolute Gasteiger partial charge is 0.257 e. The number of nitrogens with one attached hydrogen (secondary N) is 3. The molecule has 0 saturated heterocycles. The number of hydrogen-bond acceptors (Lipinski definition) is 4. The zero-order valence-electron chi connectivity index (χ0n) is 17.1. The third-order valence-corrected chi connectivity index (χ3v) is 4.45. The molecule has 0 aliphatic heterocycles. The van der Waals surface area contributed by atoms with E-state index in [0.29, 0.717) is 23.5 Å². The summed E-state index contributed by atoms with van der Waals surface area (Å²) in [4.78, 5) is 25.1. The van der Waals surface area contributed by atoms with Crippen LogP contribution in [0.2, 0.25) is 0 Å². The summed E-state index contributed by atoms with van der Waals surface area (Å²) >= 11 is 0. The fourth-order valence-electron chi connectivity index (χ4n) is 2.92. The van der Waals surface area contributed by atoms with E-state index in [9.17, 15) is 9.59 Å². The quantitative estimate of drug-likeness (QED) is 0.509. The SMILES string of the molecule is CCOc1ccc(NC(=O)c2ccccc2NCC(=O)Nc2ccccc2C)cc1. The summed E-state index contributed by atoms with van der Waals surface area (Å²) in [7, 11) is 0. The van der Waals surface area contributed by atoms with E-state index in [1.807, 2.05) is 44.2 Å². The van der Waals surface area contributed by atoms with Gasteiger partial charge in [-0.25, -0.2) is 0 Å². The van der Waals surface area contributed by atoms with Crippen LogP contribution in [0.1, 0.15) is 22.8 Å². The van der Waals surface area contributed by atoms with Crippen molar-refractivity contribution in [2.45, 2.75) is 13.8 Å². The largest absolute Gasteiger partial charge is 0.494 e. The molecule has 6 heteroatoms. The Morgan fingerprint density at radius 3 is 2.20 bits per heavy atom. The number of aryl methyl sites for hydroxylation is 1. The van der Waals surface area contributed by atoms with Crippen molar-refractivity contribution in [1.82, 2.24) is 0 Å². The molecule has 3 N–H and O–H groups in total. The highest BCUT2D eigenvalue weighted by atomic mass is 16.5. The number of ether oxygens (including phenoxy) is 1. The predicted molar refractivity (Wildman–Crippen MR) is 120 cm³/mol. The van der Waals surface area contributed by atoms with Crippen molar-refractivity contribution < 1.29 is 14.3 Å².